The Morgan fingerprint density at radius 3 is 2.84 bits per heavy atom. The zero-order valence-electron chi connectivity index (χ0n) is 10.3. The van der Waals surface area contributed by atoms with Gasteiger partial charge in [-0.2, -0.15) is 0 Å². The molecule has 19 heavy (non-hydrogen) atoms. The molecule has 0 aliphatic rings. The molecule has 100 valence electrons. The van der Waals surface area contributed by atoms with Crippen molar-refractivity contribution in [3.05, 3.63) is 46.7 Å². The Labute approximate surface area is 114 Å². The van der Waals surface area contributed by atoms with Crippen molar-refractivity contribution in [1.29, 1.82) is 0 Å². The normalized spacial score (nSPS) is 11.9. The minimum absolute atomic E-state index is 0.215. The number of amides is 1. The summed E-state index contributed by atoms with van der Waals surface area (Å²) in [6.45, 7) is 2.18. The van der Waals surface area contributed by atoms with Crippen LogP contribution in [0, 0.1) is 5.82 Å². The van der Waals surface area contributed by atoms with Crippen molar-refractivity contribution < 1.29 is 13.9 Å². The molecule has 1 N–H and O–H groups in total. The molecule has 1 atom stereocenters. The van der Waals surface area contributed by atoms with E-state index in [0.29, 0.717) is 18.0 Å². The molecule has 0 saturated carbocycles. The molecule has 0 radical (unpaired) electrons. The predicted molar refractivity (Wildman–Crippen MR) is 70.9 cm³/mol. The number of rotatable bonds is 5. The van der Waals surface area contributed by atoms with Crippen molar-refractivity contribution in [2.24, 2.45) is 0 Å². The van der Waals surface area contributed by atoms with Gasteiger partial charge in [0.2, 0.25) is 0 Å². The summed E-state index contributed by atoms with van der Waals surface area (Å²) in [5.41, 5.74) is 2.01. The van der Waals surface area contributed by atoms with E-state index in [2.05, 4.69) is 10.3 Å². The van der Waals surface area contributed by atoms with Crippen LogP contribution in [0.25, 0.3) is 0 Å². The molecule has 2 aromatic rings. The van der Waals surface area contributed by atoms with Crippen LogP contribution in [-0.2, 0) is 0 Å². The molecule has 1 aromatic heterocycles. The van der Waals surface area contributed by atoms with E-state index >= 15 is 0 Å². The van der Waals surface area contributed by atoms with Gasteiger partial charge < -0.3 is 10.1 Å². The summed E-state index contributed by atoms with van der Waals surface area (Å²) in [7, 11) is 0. The first kappa shape index (κ1) is 13.5. The van der Waals surface area contributed by atoms with Crippen molar-refractivity contribution in [3.63, 3.8) is 0 Å². The van der Waals surface area contributed by atoms with Crippen LogP contribution in [0.15, 0.2) is 35.2 Å². The quantitative estimate of drug-likeness (QED) is 0.915. The number of nitrogens with one attached hydrogen (secondary N) is 1. The standard InChI is InChI=1S/C13H13FN2O2S/c1-9(18-11-4-2-10(14)3-5-11)6-15-13(17)12-7-19-8-16-12/h2-5,7-9H,6H2,1H3,(H,15,17). The van der Waals surface area contributed by atoms with Crippen LogP contribution in [0.1, 0.15) is 17.4 Å². The SMILES string of the molecule is CC(CNC(=O)c1cscn1)Oc1ccc(F)cc1. The lowest BCUT2D eigenvalue weighted by Gasteiger charge is -2.15. The molecule has 1 heterocycles. The molecule has 2 rings (SSSR count). The maximum absolute atomic E-state index is 12.7. The van der Waals surface area contributed by atoms with Gasteiger partial charge in [-0.25, -0.2) is 9.37 Å². The van der Waals surface area contributed by atoms with Crippen LogP contribution in [0.3, 0.4) is 0 Å². The first-order chi connectivity index (χ1) is 9.15. The molecule has 0 fully saturated rings. The molecule has 4 nitrogen and oxygen atoms in total. The first-order valence-electron chi connectivity index (χ1n) is 5.74. The molecule has 0 aliphatic carbocycles. The van der Waals surface area contributed by atoms with E-state index in [1.54, 1.807) is 23.0 Å². The van der Waals surface area contributed by atoms with Crippen molar-refractivity contribution in [2.45, 2.75) is 13.0 Å². The fourth-order valence-electron chi connectivity index (χ4n) is 1.44. The average Bonchev–Trinajstić information content (AvgIpc) is 2.93. The van der Waals surface area contributed by atoms with Crippen LogP contribution in [0.2, 0.25) is 0 Å². The number of thiazole rings is 1. The van der Waals surface area contributed by atoms with Gasteiger partial charge in [0.05, 0.1) is 12.1 Å². The van der Waals surface area contributed by atoms with Gasteiger partial charge in [-0.05, 0) is 31.2 Å². The molecule has 0 saturated heterocycles. The monoisotopic (exact) mass is 280 g/mol. The summed E-state index contributed by atoms with van der Waals surface area (Å²) in [6, 6.07) is 5.76. The molecule has 1 unspecified atom stereocenters. The number of hydrogen-bond donors (Lipinski definition) is 1. The Morgan fingerprint density at radius 2 is 2.21 bits per heavy atom. The Bertz CT molecular complexity index is 528. The number of carbonyl (C=O) groups excluding carboxylic acids is 1. The number of nitrogens with zero attached hydrogens (tertiary/aromatic N) is 1. The van der Waals surface area contributed by atoms with Crippen LogP contribution < -0.4 is 10.1 Å². The molecule has 1 aromatic carbocycles. The van der Waals surface area contributed by atoms with Crippen LogP contribution in [0.5, 0.6) is 5.75 Å². The summed E-state index contributed by atoms with van der Waals surface area (Å²) in [5.74, 6) is 0.0319. The average molecular weight is 280 g/mol. The van der Waals surface area contributed by atoms with E-state index in [0.717, 1.165) is 0 Å². The molecule has 1 amide bonds. The van der Waals surface area contributed by atoms with E-state index in [1.165, 1.54) is 23.5 Å². The van der Waals surface area contributed by atoms with Gasteiger partial charge in [0.1, 0.15) is 23.4 Å². The molecular formula is C13H13FN2O2S. The van der Waals surface area contributed by atoms with Crippen LogP contribution in [-0.4, -0.2) is 23.5 Å². The fourth-order valence-corrected chi connectivity index (χ4v) is 1.97. The highest BCUT2D eigenvalue weighted by molar-refractivity contribution is 7.07. The number of ether oxygens (including phenoxy) is 1. The van der Waals surface area contributed by atoms with Gasteiger partial charge in [-0.15, -0.1) is 11.3 Å². The second-order valence-electron chi connectivity index (χ2n) is 3.97. The third-order valence-corrected chi connectivity index (χ3v) is 2.95. The highest BCUT2D eigenvalue weighted by atomic mass is 32.1. The molecule has 0 aliphatic heterocycles. The molecule has 6 heteroatoms. The van der Waals surface area contributed by atoms with Crippen molar-refractivity contribution in [1.82, 2.24) is 10.3 Å². The fraction of sp³-hybridized carbons (Fsp3) is 0.231. The van der Waals surface area contributed by atoms with Crippen LogP contribution in [0.4, 0.5) is 4.39 Å². The number of halogens is 1. The van der Waals surface area contributed by atoms with E-state index in [1.807, 2.05) is 6.92 Å². The zero-order chi connectivity index (χ0) is 13.7. The third kappa shape index (κ3) is 4.03. The lowest BCUT2D eigenvalue weighted by atomic mass is 10.3. The Hall–Kier alpha value is -1.95. The van der Waals surface area contributed by atoms with Gasteiger partial charge in [-0.1, -0.05) is 0 Å². The van der Waals surface area contributed by atoms with E-state index in [9.17, 15) is 9.18 Å². The van der Waals surface area contributed by atoms with Crippen molar-refractivity contribution in [3.8, 4) is 5.75 Å². The predicted octanol–water partition coefficient (Wildman–Crippen LogP) is 2.48. The van der Waals surface area contributed by atoms with Gasteiger partial charge in [0, 0.05) is 5.38 Å². The summed E-state index contributed by atoms with van der Waals surface area (Å²) < 4.78 is 18.3. The zero-order valence-corrected chi connectivity index (χ0v) is 11.1. The lowest BCUT2D eigenvalue weighted by Crippen LogP contribution is -2.33. The molecule has 0 bridgehead atoms. The van der Waals surface area contributed by atoms with Gasteiger partial charge in [0.15, 0.2) is 0 Å². The summed E-state index contributed by atoms with van der Waals surface area (Å²) in [4.78, 5) is 15.5. The largest absolute Gasteiger partial charge is 0.489 e. The third-order valence-electron chi connectivity index (χ3n) is 2.37. The van der Waals surface area contributed by atoms with Crippen molar-refractivity contribution in [2.75, 3.05) is 6.54 Å². The second-order valence-corrected chi connectivity index (χ2v) is 4.68. The van der Waals surface area contributed by atoms with E-state index < -0.39 is 0 Å². The summed E-state index contributed by atoms with van der Waals surface area (Å²) in [5, 5.41) is 4.40. The Morgan fingerprint density at radius 1 is 1.47 bits per heavy atom. The smallest absolute Gasteiger partial charge is 0.270 e. The second kappa shape index (κ2) is 6.29. The molecular weight excluding hydrogens is 267 g/mol. The van der Waals surface area contributed by atoms with Gasteiger partial charge >= 0.3 is 0 Å². The van der Waals surface area contributed by atoms with Gasteiger partial charge in [0.25, 0.3) is 5.91 Å². The number of benzene rings is 1. The highest BCUT2D eigenvalue weighted by Crippen LogP contribution is 2.12. The first-order valence-corrected chi connectivity index (χ1v) is 6.68. The van der Waals surface area contributed by atoms with Gasteiger partial charge in [-0.3, -0.25) is 4.79 Å². The Kier molecular flexibility index (Phi) is 4.46. The maximum Gasteiger partial charge on any atom is 0.270 e. The number of aromatic nitrogens is 1. The van der Waals surface area contributed by atoms with E-state index in [-0.39, 0.29) is 17.8 Å². The van der Waals surface area contributed by atoms with E-state index in [4.69, 9.17) is 4.74 Å². The van der Waals surface area contributed by atoms with Crippen molar-refractivity contribution >= 4 is 17.2 Å². The minimum atomic E-state index is -0.308. The maximum atomic E-state index is 12.7. The lowest BCUT2D eigenvalue weighted by molar-refractivity contribution is 0.0928. The summed E-state index contributed by atoms with van der Waals surface area (Å²) in [6.07, 6.45) is -0.215. The topological polar surface area (TPSA) is 51.2 Å². The number of hydrogen-bond acceptors (Lipinski definition) is 4. The molecule has 0 spiro atoms. The Balaban J connectivity index is 1.80. The summed E-state index contributed by atoms with van der Waals surface area (Å²) >= 11 is 1.37. The highest BCUT2D eigenvalue weighted by Gasteiger charge is 2.10. The number of carbonyl (C=O) groups is 1. The van der Waals surface area contributed by atoms with Crippen LogP contribution >= 0.6 is 11.3 Å². The minimum Gasteiger partial charge on any atom is -0.489 e.